The summed E-state index contributed by atoms with van der Waals surface area (Å²) in [5, 5.41) is 9.11. The van der Waals surface area contributed by atoms with Crippen molar-refractivity contribution in [1.82, 2.24) is 0 Å². The van der Waals surface area contributed by atoms with Crippen LogP contribution < -0.4 is 9.47 Å². The minimum Gasteiger partial charge on any atom is -0.489 e. The summed E-state index contributed by atoms with van der Waals surface area (Å²) in [6, 6.07) is 19.0. The molecule has 8 heteroatoms. The summed E-state index contributed by atoms with van der Waals surface area (Å²) in [4.78, 5) is 11.1. The molecule has 0 saturated heterocycles. The SMILES string of the molecule is CCO[C@@H](CC(=O)O)c1ccc(OCc2cccc(-c3c(C)cc(OCS(C)(=O)=O)cc3C)c2)cc1. The minimum atomic E-state index is -3.23. The third-order valence-corrected chi connectivity index (χ3v) is 6.09. The van der Waals surface area contributed by atoms with Gasteiger partial charge in [-0.3, -0.25) is 4.79 Å². The van der Waals surface area contributed by atoms with Gasteiger partial charge in [0.1, 0.15) is 18.1 Å². The van der Waals surface area contributed by atoms with Crippen LogP contribution in [-0.4, -0.2) is 38.3 Å². The van der Waals surface area contributed by atoms with Gasteiger partial charge in [-0.25, -0.2) is 8.42 Å². The van der Waals surface area contributed by atoms with Crippen molar-refractivity contribution in [2.24, 2.45) is 0 Å². The third kappa shape index (κ3) is 7.83. The van der Waals surface area contributed by atoms with Crippen molar-refractivity contribution < 1.29 is 32.5 Å². The fourth-order valence-corrected chi connectivity index (χ4v) is 4.38. The highest BCUT2D eigenvalue weighted by atomic mass is 32.2. The highest BCUT2D eigenvalue weighted by Crippen LogP contribution is 2.32. The molecule has 0 fully saturated rings. The molecule has 3 rings (SSSR count). The summed E-state index contributed by atoms with van der Waals surface area (Å²) < 4.78 is 39.8. The number of carboxylic acids is 1. The Labute approximate surface area is 212 Å². The van der Waals surface area contributed by atoms with Gasteiger partial charge >= 0.3 is 5.97 Å². The second-order valence-corrected chi connectivity index (χ2v) is 10.8. The van der Waals surface area contributed by atoms with Gasteiger partial charge in [-0.2, -0.15) is 0 Å². The first-order valence-corrected chi connectivity index (χ1v) is 13.7. The standard InChI is InChI=1S/C28H32O7S/c1-5-33-26(16-27(29)30)22-9-11-24(12-10-22)34-17-21-7-6-8-23(15-21)28-19(2)13-25(14-20(28)3)35-18-36(4,31)32/h6-15,26H,5,16-18H2,1-4H3,(H,29,30)/t26-/m0/s1. The fourth-order valence-electron chi connectivity index (χ4n) is 4.03. The molecule has 0 aliphatic carbocycles. The average Bonchev–Trinajstić information content (AvgIpc) is 2.81. The van der Waals surface area contributed by atoms with Crippen LogP contribution in [0.4, 0.5) is 0 Å². The minimum absolute atomic E-state index is 0.0928. The Morgan fingerprint density at radius 3 is 2.19 bits per heavy atom. The van der Waals surface area contributed by atoms with Crippen molar-refractivity contribution >= 4 is 15.8 Å². The number of aliphatic carboxylic acids is 1. The lowest BCUT2D eigenvalue weighted by atomic mass is 9.94. The van der Waals surface area contributed by atoms with E-state index in [9.17, 15) is 13.2 Å². The summed E-state index contributed by atoms with van der Waals surface area (Å²) in [5.41, 5.74) is 5.85. The van der Waals surface area contributed by atoms with E-state index >= 15 is 0 Å². The lowest BCUT2D eigenvalue weighted by molar-refractivity contribution is -0.140. The maximum atomic E-state index is 11.4. The number of carboxylic acid groups (broad SMARTS) is 1. The maximum Gasteiger partial charge on any atom is 0.306 e. The molecule has 0 saturated carbocycles. The predicted octanol–water partition coefficient (Wildman–Crippen LogP) is 5.48. The van der Waals surface area contributed by atoms with Gasteiger partial charge in [0.05, 0.1) is 12.5 Å². The molecule has 192 valence electrons. The van der Waals surface area contributed by atoms with Crippen LogP contribution in [0.15, 0.2) is 60.7 Å². The monoisotopic (exact) mass is 512 g/mol. The van der Waals surface area contributed by atoms with Crippen molar-refractivity contribution in [3.05, 3.63) is 82.9 Å². The van der Waals surface area contributed by atoms with Gasteiger partial charge in [0.2, 0.25) is 0 Å². The number of carbonyl (C=O) groups is 1. The smallest absolute Gasteiger partial charge is 0.306 e. The predicted molar refractivity (Wildman–Crippen MR) is 139 cm³/mol. The molecular weight excluding hydrogens is 480 g/mol. The first-order chi connectivity index (χ1) is 17.1. The lowest BCUT2D eigenvalue weighted by Gasteiger charge is -2.16. The molecule has 3 aromatic carbocycles. The Hall–Kier alpha value is -3.36. The van der Waals surface area contributed by atoms with Crippen LogP contribution in [-0.2, 0) is 26.0 Å². The number of benzene rings is 3. The first-order valence-electron chi connectivity index (χ1n) is 11.6. The molecular formula is C28H32O7S. The number of hydrogen-bond donors (Lipinski definition) is 1. The molecule has 0 heterocycles. The van der Waals surface area contributed by atoms with E-state index in [0.717, 1.165) is 39.6 Å². The topological polar surface area (TPSA) is 99.1 Å². The molecule has 0 aliphatic heterocycles. The molecule has 1 N–H and O–H groups in total. The Bertz CT molecular complexity index is 1270. The molecule has 0 aromatic heterocycles. The van der Waals surface area contributed by atoms with Crippen LogP contribution in [0, 0.1) is 13.8 Å². The lowest BCUT2D eigenvalue weighted by Crippen LogP contribution is -2.10. The van der Waals surface area contributed by atoms with Crippen LogP contribution in [0.5, 0.6) is 11.5 Å². The second kappa shape index (κ2) is 12.1. The van der Waals surface area contributed by atoms with Crippen molar-refractivity contribution in [3.63, 3.8) is 0 Å². The number of sulfone groups is 1. The summed E-state index contributed by atoms with van der Waals surface area (Å²) in [7, 11) is -3.23. The number of aryl methyl sites for hydroxylation is 2. The molecule has 7 nitrogen and oxygen atoms in total. The van der Waals surface area contributed by atoms with Crippen LogP contribution in [0.1, 0.15) is 41.7 Å². The van der Waals surface area contributed by atoms with E-state index in [-0.39, 0.29) is 12.4 Å². The van der Waals surface area contributed by atoms with E-state index < -0.39 is 21.9 Å². The molecule has 0 aliphatic rings. The molecule has 3 aromatic rings. The van der Waals surface area contributed by atoms with Crippen molar-refractivity contribution in [2.45, 2.75) is 39.9 Å². The summed E-state index contributed by atoms with van der Waals surface area (Å²) >= 11 is 0. The van der Waals surface area contributed by atoms with Gasteiger partial charge in [-0.15, -0.1) is 0 Å². The Kier molecular flexibility index (Phi) is 9.12. The van der Waals surface area contributed by atoms with E-state index in [1.807, 2.05) is 75.4 Å². The fraction of sp³-hybridized carbons (Fsp3) is 0.321. The van der Waals surface area contributed by atoms with E-state index in [4.69, 9.17) is 19.3 Å². The normalized spacial score (nSPS) is 12.2. The van der Waals surface area contributed by atoms with Crippen LogP contribution in [0.3, 0.4) is 0 Å². The zero-order valence-electron chi connectivity index (χ0n) is 21.0. The van der Waals surface area contributed by atoms with E-state index in [1.165, 1.54) is 0 Å². The van der Waals surface area contributed by atoms with E-state index in [0.29, 0.717) is 24.7 Å². The van der Waals surface area contributed by atoms with Crippen molar-refractivity contribution in [3.8, 4) is 22.6 Å². The zero-order valence-corrected chi connectivity index (χ0v) is 21.8. The quantitative estimate of drug-likeness (QED) is 0.343. The van der Waals surface area contributed by atoms with Gasteiger partial charge < -0.3 is 19.3 Å². The molecule has 1 atom stereocenters. The van der Waals surface area contributed by atoms with Crippen LogP contribution >= 0.6 is 0 Å². The molecule has 0 amide bonds. The van der Waals surface area contributed by atoms with Gasteiger partial charge in [0.15, 0.2) is 15.8 Å². The van der Waals surface area contributed by atoms with Crippen molar-refractivity contribution in [1.29, 1.82) is 0 Å². The van der Waals surface area contributed by atoms with Gasteiger partial charge in [-0.1, -0.05) is 30.3 Å². The Morgan fingerprint density at radius 1 is 0.944 bits per heavy atom. The Balaban J connectivity index is 1.71. The highest BCUT2D eigenvalue weighted by Gasteiger charge is 2.16. The van der Waals surface area contributed by atoms with Crippen LogP contribution in [0.2, 0.25) is 0 Å². The largest absolute Gasteiger partial charge is 0.489 e. The molecule has 0 radical (unpaired) electrons. The Morgan fingerprint density at radius 2 is 1.61 bits per heavy atom. The van der Waals surface area contributed by atoms with Gasteiger partial charge in [0.25, 0.3) is 0 Å². The molecule has 36 heavy (non-hydrogen) atoms. The second-order valence-electron chi connectivity index (χ2n) is 8.72. The number of hydrogen-bond acceptors (Lipinski definition) is 6. The van der Waals surface area contributed by atoms with E-state index in [2.05, 4.69) is 6.07 Å². The van der Waals surface area contributed by atoms with Gasteiger partial charge in [0, 0.05) is 12.9 Å². The number of rotatable bonds is 12. The van der Waals surface area contributed by atoms with Crippen molar-refractivity contribution in [2.75, 3.05) is 18.8 Å². The molecule has 0 bridgehead atoms. The van der Waals surface area contributed by atoms with Crippen LogP contribution in [0.25, 0.3) is 11.1 Å². The maximum absolute atomic E-state index is 11.4. The average molecular weight is 513 g/mol. The number of ether oxygens (including phenoxy) is 3. The molecule has 0 spiro atoms. The third-order valence-electron chi connectivity index (χ3n) is 5.55. The first kappa shape index (κ1) is 27.2. The highest BCUT2D eigenvalue weighted by molar-refractivity contribution is 7.90. The zero-order chi connectivity index (χ0) is 26.3. The summed E-state index contributed by atoms with van der Waals surface area (Å²) in [6.07, 6.45) is 0.553. The van der Waals surface area contributed by atoms with Gasteiger partial charge in [-0.05, 0) is 84.5 Å². The van der Waals surface area contributed by atoms with E-state index in [1.54, 1.807) is 0 Å². The molecule has 0 unspecified atom stereocenters. The summed E-state index contributed by atoms with van der Waals surface area (Å²) in [6.45, 7) is 6.58. The summed E-state index contributed by atoms with van der Waals surface area (Å²) in [5.74, 6) is -0.0630.